The lowest BCUT2D eigenvalue weighted by Crippen LogP contribution is -2.16. The zero-order chi connectivity index (χ0) is 10.5. The molecule has 0 fully saturated rings. The maximum absolute atomic E-state index is 10.5. The Bertz CT molecular complexity index is 303. The Balaban J connectivity index is 3.74. The van der Waals surface area contributed by atoms with Crippen LogP contribution in [0.4, 0.5) is 0 Å². The Kier molecular flexibility index (Phi) is 4.68. The summed E-state index contributed by atoms with van der Waals surface area (Å²) in [5, 5.41) is 0. The summed E-state index contributed by atoms with van der Waals surface area (Å²) in [4.78, 5) is 0. The molecule has 0 bridgehead atoms. The number of hydrogen-bond donors (Lipinski definition) is 0. The van der Waals surface area contributed by atoms with E-state index in [1.165, 1.54) is 0 Å². The minimum Gasteiger partial charge on any atom is -0.269 e. The molecule has 0 aliphatic carbocycles. The van der Waals surface area contributed by atoms with Crippen LogP contribution in [0, 0.1) is 11.5 Å². The van der Waals surface area contributed by atoms with Gasteiger partial charge in [-0.05, 0) is 0 Å². The predicted octanol–water partition coefficient (Wildman–Crippen LogP) is 1.23. The SMILES string of the molecule is C[Si](C)(C)C#CCCOS(C)(=O)=O. The van der Waals surface area contributed by atoms with E-state index < -0.39 is 18.2 Å². The molecule has 76 valence electrons. The third-order valence-corrected chi connectivity index (χ3v) is 2.51. The van der Waals surface area contributed by atoms with Crippen LogP contribution in [0.3, 0.4) is 0 Å². The molecule has 0 aromatic heterocycles. The van der Waals surface area contributed by atoms with Crippen molar-refractivity contribution in [2.24, 2.45) is 0 Å². The van der Waals surface area contributed by atoms with Crippen molar-refractivity contribution in [3.63, 3.8) is 0 Å². The van der Waals surface area contributed by atoms with Gasteiger partial charge in [-0.1, -0.05) is 19.6 Å². The zero-order valence-electron chi connectivity index (χ0n) is 8.55. The minimum absolute atomic E-state index is 0.163. The molecular weight excluding hydrogens is 204 g/mol. The zero-order valence-corrected chi connectivity index (χ0v) is 10.4. The highest BCUT2D eigenvalue weighted by atomic mass is 32.2. The Hall–Kier alpha value is -0.313. The fourth-order valence-corrected chi connectivity index (χ4v) is 1.61. The summed E-state index contributed by atoms with van der Waals surface area (Å²) in [5.41, 5.74) is 3.12. The second kappa shape index (κ2) is 4.79. The van der Waals surface area contributed by atoms with Gasteiger partial charge in [-0.15, -0.1) is 11.5 Å². The van der Waals surface area contributed by atoms with E-state index >= 15 is 0 Å². The first kappa shape index (κ1) is 12.7. The van der Waals surface area contributed by atoms with Gasteiger partial charge < -0.3 is 0 Å². The minimum atomic E-state index is -3.30. The highest BCUT2D eigenvalue weighted by molar-refractivity contribution is 7.85. The first-order chi connectivity index (χ1) is 5.71. The molecule has 0 amide bonds. The third-order valence-electron chi connectivity index (χ3n) is 0.988. The van der Waals surface area contributed by atoms with Gasteiger partial charge in [0.05, 0.1) is 12.9 Å². The average Bonchev–Trinajstić information content (AvgIpc) is 1.81. The largest absolute Gasteiger partial charge is 0.269 e. The molecule has 0 radical (unpaired) electrons. The van der Waals surface area contributed by atoms with Crippen LogP contribution in [0.15, 0.2) is 0 Å². The lowest BCUT2D eigenvalue weighted by Gasteiger charge is -2.03. The topological polar surface area (TPSA) is 43.4 Å². The summed E-state index contributed by atoms with van der Waals surface area (Å²) in [5.74, 6) is 2.92. The number of hydrogen-bond acceptors (Lipinski definition) is 3. The molecule has 3 nitrogen and oxygen atoms in total. The standard InChI is InChI=1S/C8H16O3SSi/c1-12(9,10)11-7-5-6-8-13(2,3)4/h5,7H2,1-4H3. The highest BCUT2D eigenvalue weighted by Crippen LogP contribution is 1.97. The smallest absolute Gasteiger partial charge is 0.264 e. The van der Waals surface area contributed by atoms with Gasteiger partial charge in [-0.25, -0.2) is 0 Å². The van der Waals surface area contributed by atoms with Gasteiger partial charge in [0.1, 0.15) is 8.07 Å². The Morgan fingerprint density at radius 2 is 1.85 bits per heavy atom. The fraction of sp³-hybridized carbons (Fsp3) is 0.750. The molecule has 0 saturated carbocycles. The molecule has 0 aromatic rings. The van der Waals surface area contributed by atoms with Crippen LogP contribution in [0.5, 0.6) is 0 Å². The normalized spacial score (nSPS) is 12.0. The molecule has 0 N–H and O–H groups in total. The maximum Gasteiger partial charge on any atom is 0.264 e. The summed E-state index contributed by atoms with van der Waals surface area (Å²) >= 11 is 0. The molecule has 0 heterocycles. The lowest BCUT2D eigenvalue weighted by atomic mass is 10.5. The van der Waals surface area contributed by atoms with E-state index in [9.17, 15) is 8.42 Å². The van der Waals surface area contributed by atoms with Crippen molar-refractivity contribution in [2.45, 2.75) is 26.1 Å². The van der Waals surface area contributed by atoms with Crippen molar-refractivity contribution in [3.05, 3.63) is 0 Å². The first-order valence-corrected chi connectivity index (χ1v) is 9.37. The van der Waals surface area contributed by atoms with Gasteiger partial charge in [-0.3, -0.25) is 4.18 Å². The molecular formula is C8H16O3SSi. The molecule has 5 heteroatoms. The average molecular weight is 220 g/mol. The van der Waals surface area contributed by atoms with Crippen LogP contribution in [-0.4, -0.2) is 29.4 Å². The van der Waals surface area contributed by atoms with Crippen molar-refractivity contribution >= 4 is 18.2 Å². The Morgan fingerprint density at radius 3 is 2.23 bits per heavy atom. The molecule has 0 atom stereocenters. The summed E-state index contributed by atoms with van der Waals surface area (Å²) < 4.78 is 25.6. The third kappa shape index (κ3) is 11.7. The van der Waals surface area contributed by atoms with Crippen LogP contribution in [0.2, 0.25) is 19.6 Å². The quantitative estimate of drug-likeness (QED) is 0.311. The van der Waals surface area contributed by atoms with Gasteiger partial charge in [0.15, 0.2) is 0 Å². The van der Waals surface area contributed by atoms with Crippen LogP contribution in [0.1, 0.15) is 6.42 Å². The van der Waals surface area contributed by atoms with E-state index in [4.69, 9.17) is 0 Å². The van der Waals surface area contributed by atoms with Crippen LogP contribution < -0.4 is 0 Å². The molecule has 0 saturated heterocycles. The van der Waals surface area contributed by atoms with E-state index in [1.54, 1.807) is 0 Å². The van der Waals surface area contributed by atoms with Gasteiger partial charge in [0.2, 0.25) is 0 Å². The van der Waals surface area contributed by atoms with Crippen LogP contribution in [0.25, 0.3) is 0 Å². The van der Waals surface area contributed by atoms with Crippen LogP contribution >= 0.6 is 0 Å². The van der Waals surface area contributed by atoms with Crippen molar-refractivity contribution in [3.8, 4) is 11.5 Å². The molecule has 0 aliphatic heterocycles. The summed E-state index contributed by atoms with van der Waals surface area (Å²) in [6.45, 7) is 6.57. The van der Waals surface area contributed by atoms with Crippen molar-refractivity contribution < 1.29 is 12.6 Å². The molecule has 0 aliphatic rings. The van der Waals surface area contributed by atoms with E-state index in [0.29, 0.717) is 6.42 Å². The lowest BCUT2D eigenvalue weighted by molar-refractivity contribution is 0.330. The highest BCUT2D eigenvalue weighted by Gasteiger charge is 2.07. The van der Waals surface area contributed by atoms with E-state index in [1.807, 2.05) is 0 Å². The van der Waals surface area contributed by atoms with Crippen molar-refractivity contribution in [1.82, 2.24) is 0 Å². The summed E-state index contributed by atoms with van der Waals surface area (Å²) in [6, 6.07) is 0. The molecule has 13 heavy (non-hydrogen) atoms. The van der Waals surface area contributed by atoms with Gasteiger partial charge in [0.25, 0.3) is 10.1 Å². The van der Waals surface area contributed by atoms with Gasteiger partial charge in [-0.2, -0.15) is 8.42 Å². The van der Waals surface area contributed by atoms with Crippen molar-refractivity contribution in [2.75, 3.05) is 12.9 Å². The van der Waals surface area contributed by atoms with E-state index in [0.717, 1.165) is 6.26 Å². The second-order valence-electron chi connectivity index (χ2n) is 3.83. The molecule has 0 unspecified atom stereocenters. The maximum atomic E-state index is 10.5. The summed E-state index contributed by atoms with van der Waals surface area (Å²) in [6.07, 6.45) is 1.52. The molecule has 0 rings (SSSR count). The molecule has 0 aromatic carbocycles. The summed E-state index contributed by atoms with van der Waals surface area (Å²) in [7, 11) is -4.62. The second-order valence-corrected chi connectivity index (χ2v) is 10.2. The van der Waals surface area contributed by atoms with E-state index in [-0.39, 0.29) is 6.61 Å². The predicted molar refractivity (Wildman–Crippen MR) is 56.5 cm³/mol. The molecule has 0 spiro atoms. The number of rotatable bonds is 3. The Labute approximate surface area is 81.6 Å². The van der Waals surface area contributed by atoms with Gasteiger partial charge >= 0.3 is 0 Å². The van der Waals surface area contributed by atoms with E-state index in [2.05, 4.69) is 35.3 Å². The first-order valence-electron chi connectivity index (χ1n) is 4.05. The van der Waals surface area contributed by atoms with Gasteiger partial charge in [0, 0.05) is 6.42 Å². The fourth-order valence-electron chi connectivity index (χ4n) is 0.572. The van der Waals surface area contributed by atoms with Crippen LogP contribution in [-0.2, 0) is 14.3 Å². The van der Waals surface area contributed by atoms with Crippen molar-refractivity contribution in [1.29, 1.82) is 0 Å². The monoisotopic (exact) mass is 220 g/mol. The Morgan fingerprint density at radius 1 is 1.31 bits per heavy atom.